The number of aromatic amines is 1. The number of halogens is 1. The SMILES string of the molecule is CCCC[N+](CCCC)(CCCC)CCCC.CCCN[C@H](CCC)Cc1c[nH]c2ccccc12.[F-]. The number of hydrogen-bond acceptors (Lipinski definition) is 1. The number of hydrogen-bond donors (Lipinski definition) is 2. The van der Waals surface area contributed by atoms with E-state index in [4.69, 9.17) is 0 Å². The van der Waals surface area contributed by atoms with Gasteiger partial charge in [0, 0.05) is 23.1 Å². The van der Waals surface area contributed by atoms with Crippen LogP contribution in [0.3, 0.4) is 0 Å². The van der Waals surface area contributed by atoms with Gasteiger partial charge in [-0.3, -0.25) is 0 Å². The summed E-state index contributed by atoms with van der Waals surface area (Å²) in [6.07, 6.45) is 18.0. The molecule has 2 aromatic rings. The predicted octanol–water partition coefficient (Wildman–Crippen LogP) is 5.89. The van der Waals surface area contributed by atoms with Crippen molar-refractivity contribution in [2.75, 3.05) is 32.7 Å². The number of aromatic nitrogens is 1. The lowest BCUT2D eigenvalue weighted by atomic mass is 10.0. The molecule has 210 valence electrons. The van der Waals surface area contributed by atoms with Gasteiger partial charge in [-0.2, -0.15) is 0 Å². The highest BCUT2D eigenvalue weighted by molar-refractivity contribution is 5.83. The maximum atomic E-state index is 3.66. The third-order valence-electron chi connectivity index (χ3n) is 7.41. The Labute approximate surface area is 223 Å². The summed E-state index contributed by atoms with van der Waals surface area (Å²) in [7, 11) is 0. The van der Waals surface area contributed by atoms with Crippen LogP contribution < -0.4 is 10.0 Å². The fourth-order valence-electron chi connectivity index (χ4n) is 5.18. The maximum Gasteiger partial charge on any atom is 0.0786 e. The molecule has 0 aliphatic carbocycles. The molecule has 4 heteroatoms. The van der Waals surface area contributed by atoms with Crippen LogP contribution in [0.15, 0.2) is 30.5 Å². The second kappa shape index (κ2) is 21.7. The van der Waals surface area contributed by atoms with E-state index in [9.17, 15) is 0 Å². The zero-order valence-electron chi connectivity index (χ0n) is 24.8. The monoisotopic (exact) mass is 505 g/mol. The van der Waals surface area contributed by atoms with Crippen LogP contribution in [0.4, 0.5) is 0 Å². The van der Waals surface area contributed by atoms with Crippen molar-refractivity contribution in [1.82, 2.24) is 10.3 Å². The number of H-pyrrole nitrogens is 1. The third-order valence-corrected chi connectivity index (χ3v) is 7.41. The average molecular weight is 506 g/mol. The Kier molecular flexibility index (Phi) is 20.8. The van der Waals surface area contributed by atoms with Crippen LogP contribution in [0.2, 0.25) is 0 Å². The van der Waals surface area contributed by atoms with E-state index in [-0.39, 0.29) is 4.70 Å². The Morgan fingerprint density at radius 3 is 1.72 bits per heavy atom. The highest BCUT2D eigenvalue weighted by Gasteiger charge is 2.24. The van der Waals surface area contributed by atoms with Gasteiger partial charge < -0.3 is 19.5 Å². The Morgan fingerprint density at radius 1 is 0.722 bits per heavy atom. The van der Waals surface area contributed by atoms with Crippen LogP contribution in [0.1, 0.15) is 118 Å². The molecule has 0 fully saturated rings. The molecule has 0 aliphatic rings. The number of fused-ring (bicyclic) bond motifs is 1. The molecule has 0 radical (unpaired) electrons. The summed E-state index contributed by atoms with van der Waals surface area (Å²) >= 11 is 0. The Hall–Kier alpha value is -1.39. The lowest BCUT2D eigenvalue weighted by Crippen LogP contribution is -3.00. The Morgan fingerprint density at radius 2 is 1.25 bits per heavy atom. The van der Waals surface area contributed by atoms with Gasteiger partial charge in [-0.05, 0) is 63.1 Å². The summed E-state index contributed by atoms with van der Waals surface area (Å²) in [6.45, 7) is 20.6. The van der Waals surface area contributed by atoms with E-state index in [0.717, 1.165) is 13.0 Å². The van der Waals surface area contributed by atoms with Crippen molar-refractivity contribution < 1.29 is 9.19 Å². The molecule has 0 saturated heterocycles. The van der Waals surface area contributed by atoms with Gasteiger partial charge in [0.2, 0.25) is 0 Å². The molecule has 1 aromatic carbocycles. The zero-order valence-corrected chi connectivity index (χ0v) is 24.8. The first kappa shape index (κ1) is 34.6. The summed E-state index contributed by atoms with van der Waals surface area (Å²) in [5.41, 5.74) is 2.69. The molecule has 0 unspecified atom stereocenters. The molecule has 1 aromatic heterocycles. The molecule has 1 atom stereocenters. The highest BCUT2D eigenvalue weighted by Crippen LogP contribution is 2.20. The van der Waals surface area contributed by atoms with E-state index < -0.39 is 0 Å². The molecule has 0 aliphatic heterocycles. The summed E-state index contributed by atoms with van der Waals surface area (Å²) in [5, 5.41) is 5.03. The van der Waals surface area contributed by atoms with E-state index in [1.807, 2.05) is 0 Å². The lowest BCUT2D eigenvalue weighted by molar-refractivity contribution is -0.929. The molecule has 2 N–H and O–H groups in total. The minimum Gasteiger partial charge on any atom is -1.00 e. The molecule has 0 spiro atoms. The molecular formula is C32H60FN3. The second-order valence-corrected chi connectivity index (χ2v) is 10.7. The molecule has 1 heterocycles. The normalized spacial score (nSPS) is 12.2. The molecule has 2 rings (SSSR count). The van der Waals surface area contributed by atoms with Gasteiger partial charge >= 0.3 is 0 Å². The largest absolute Gasteiger partial charge is 1.00 e. The van der Waals surface area contributed by atoms with E-state index in [1.54, 1.807) is 0 Å². The highest BCUT2D eigenvalue weighted by atomic mass is 19.0. The van der Waals surface area contributed by atoms with Crippen molar-refractivity contribution in [1.29, 1.82) is 0 Å². The molecular weight excluding hydrogens is 445 g/mol. The van der Waals surface area contributed by atoms with Crippen molar-refractivity contribution in [2.45, 2.75) is 125 Å². The predicted molar refractivity (Wildman–Crippen MR) is 158 cm³/mol. The van der Waals surface area contributed by atoms with Crippen LogP contribution >= 0.6 is 0 Å². The molecule has 0 saturated carbocycles. The van der Waals surface area contributed by atoms with Crippen LogP contribution in [0, 0.1) is 0 Å². The van der Waals surface area contributed by atoms with Crippen molar-refractivity contribution in [2.24, 2.45) is 0 Å². The first-order valence-corrected chi connectivity index (χ1v) is 15.2. The van der Waals surface area contributed by atoms with Gasteiger partial charge in [0.25, 0.3) is 0 Å². The average Bonchev–Trinajstić information content (AvgIpc) is 3.29. The maximum absolute atomic E-state index is 3.66. The van der Waals surface area contributed by atoms with E-state index in [2.05, 4.69) is 82.3 Å². The number of quaternary nitrogens is 1. The second-order valence-electron chi connectivity index (χ2n) is 10.7. The number of rotatable bonds is 19. The van der Waals surface area contributed by atoms with Crippen LogP contribution in [0.25, 0.3) is 10.9 Å². The molecule has 36 heavy (non-hydrogen) atoms. The summed E-state index contributed by atoms with van der Waals surface area (Å²) in [5.74, 6) is 0. The molecule has 0 bridgehead atoms. The van der Waals surface area contributed by atoms with Gasteiger partial charge in [-0.15, -0.1) is 0 Å². The number of unbranched alkanes of at least 4 members (excludes halogenated alkanes) is 4. The minimum absolute atomic E-state index is 0. The Balaban J connectivity index is 0.000000664. The van der Waals surface area contributed by atoms with Crippen molar-refractivity contribution in [3.05, 3.63) is 36.0 Å². The zero-order chi connectivity index (χ0) is 25.8. The van der Waals surface area contributed by atoms with Gasteiger partial charge in [0.1, 0.15) is 0 Å². The number of nitrogens with zero attached hydrogens (tertiary/aromatic N) is 1. The van der Waals surface area contributed by atoms with Crippen molar-refractivity contribution in [3.63, 3.8) is 0 Å². The lowest BCUT2D eigenvalue weighted by Gasteiger charge is -2.39. The topological polar surface area (TPSA) is 27.8 Å². The van der Waals surface area contributed by atoms with E-state index in [1.165, 1.54) is 118 Å². The quantitative estimate of drug-likeness (QED) is 0.229. The summed E-state index contributed by atoms with van der Waals surface area (Å²) in [6, 6.07) is 9.17. The number of benzene rings is 1. The summed E-state index contributed by atoms with van der Waals surface area (Å²) < 4.78 is 1.42. The van der Waals surface area contributed by atoms with Gasteiger partial charge in [0.15, 0.2) is 0 Å². The first-order valence-electron chi connectivity index (χ1n) is 15.2. The van der Waals surface area contributed by atoms with Crippen molar-refractivity contribution >= 4 is 10.9 Å². The fourth-order valence-corrected chi connectivity index (χ4v) is 5.18. The summed E-state index contributed by atoms with van der Waals surface area (Å²) in [4.78, 5) is 3.36. The molecule has 3 nitrogen and oxygen atoms in total. The molecule has 0 amide bonds. The smallest absolute Gasteiger partial charge is 0.0786 e. The third kappa shape index (κ3) is 13.2. The van der Waals surface area contributed by atoms with Crippen LogP contribution in [-0.2, 0) is 6.42 Å². The van der Waals surface area contributed by atoms with Crippen molar-refractivity contribution in [3.8, 4) is 0 Å². The first-order chi connectivity index (χ1) is 17.1. The van der Waals surface area contributed by atoms with Crippen LogP contribution in [-0.4, -0.2) is 48.2 Å². The Bertz CT molecular complexity index is 704. The number of nitrogens with one attached hydrogen (secondary N) is 2. The van der Waals surface area contributed by atoms with E-state index >= 15 is 0 Å². The van der Waals surface area contributed by atoms with Crippen LogP contribution in [0.5, 0.6) is 0 Å². The standard InChI is InChI=1S/C16H24N2.C16H36N.FH/c1-3-7-14(17-10-4-2)11-13-12-18-16-9-6-5-8-15(13)16;1-5-9-13-17(14-10-6-2,15-11-7-3)16-12-8-4;/h5-6,8-9,12,14,17-18H,3-4,7,10-11H2,1-2H3;5-16H2,1-4H3;1H/q;+1;/p-1/t14-;;/m1../s1. The van der Waals surface area contributed by atoms with Gasteiger partial charge in [-0.25, -0.2) is 0 Å². The van der Waals surface area contributed by atoms with Gasteiger partial charge in [0.05, 0.1) is 26.2 Å². The van der Waals surface area contributed by atoms with E-state index in [0.29, 0.717) is 6.04 Å². The number of para-hydroxylation sites is 1. The van der Waals surface area contributed by atoms with Gasteiger partial charge in [-0.1, -0.05) is 91.8 Å². The minimum atomic E-state index is 0. The fraction of sp³-hybridized carbons (Fsp3) is 0.750.